The summed E-state index contributed by atoms with van der Waals surface area (Å²) < 4.78 is 7.49. The van der Waals surface area contributed by atoms with Crippen LogP contribution in [0.15, 0.2) is 49.1 Å². The van der Waals surface area contributed by atoms with Crippen molar-refractivity contribution in [3.63, 3.8) is 0 Å². The molecule has 9 nitrogen and oxygen atoms in total. The lowest BCUT2D eigenvalue weighted by atomic mass is 10.1. The molecule has 0 spiro atoms. The maximum Gasteiger partial charge on any atom is 0.323 e. The summed E-state index contributed by atoms with van der Waals surface area (Å²) in [4.78, 5) is 31.9. The molecule has 0 aliphatic heterocycles. The average Bonchev–Trinajstić information content (AvgIpc) is 3.59. The van der Waals surface area contributed by atoms with Gasteiger partial charge in [-0.2, -0.15) is 0 Å². The van der Waals surface area contributed by atoms with Crippen molar-refractivity contribution in [3.8, 4) is 0 Å². The fraction of sp³-hybridized carbons (Fsp3) is 0.581. The van der Waals surface area contributed by atoms with Crippen LogP contribution in [0.3, 0.4) is 0 Å². The smallest absolute Gasteiger partial charge is 0.323 e. The Bertz CT molecular complexity index is 1090. The number of carbonyl (C=O) groups is 1. The number of imidazole rings is 2. The number of rotatable bonds is 19. The van der Waals surface area contributed by atoms with Crippen molar-refractivity contribution in [2.24, 2.45) is 7.05 Å². The van der Waals surface area contributed by atoms with Crippen molar-refractivity contribution in [2.75, 3.05) is 33.3 Å². The van der Waals surface area contributed by atoms with Crippen LogP contribution in [0.2, 0.25) is 0 Å². The summed E-state index contributed by atoms with van der Waals surface area (Å²) in [6, 6.07) is 8.75. The van der Waals surface area contributed by atoms with Gasteiger partial charge in [-0.25, -0.2) is 9.97 Å². The molecule has 0 amide bonds. The topological polar surface area (TPSA) is 82.5 Å². The van der Waals surface area contributed by atoms with Gasteiger partial charge in [0.1, 0.15) is 17.7 Å². The molecule has 3 aromatic rings. The van der Waals surface area contributed by atoms with Gasteiger partial charge in [0.15, 0.2) is 0 Å². The number of H-pyrrole nitrogens is 1. The Labute approximate surface area is 240 Å². The molecule has 220 valence electrons. The Hall–Kier alpha value is -3.01. The maximum absolute atomic E-state index is 12.7. The summed E-state index contributed by atoms with van der Waals surface area (Å²) >= 11 is 0. The van der Waals surface area contributed by atoms with E-state index in [1.807, 2.05) is 32.6 Å². The molecular weight excluding hydrogens is 502 g/mol. The summed E-state index contributed by atoms with van der Waals surface area (Å²) in [6.07, 6.45) is 11.3. The lowest BCUT2D eigenvalue weighted by Crippen LogP contribution is -2.43. The molecule has 0 radical (unpaired) electrons. The van der Waals surface area contributed by atoms with E-state index in [0.717, 1.165) is 83.1 Å². The van der Waals surface area contributed by atoms with Crippen molar-refractivity contribution < 1.29 is 9.53 Å². The van der Waals surface area contributed by atoms with E-state index in [1.54, 1.807) is 6.20 Å². The third-order valence-electron chi connectivity index (χ3n) is 7.13. The fourth-order valence-corrected chi connectivity index (χ4v) is 5.15. The first-order valence-corrected chi connectivity index (χ1v) is 14.8. The van der Waals surface area contributed by atoms with E-state index in [4.69, 9.17) is 4.74 Å². The van der Waals surface area contributed by atoms with Gasteiger partial charge in [0.25, 0.3) is 0 Å². The molecule has 1 N–H and O–H groups in total. The Morgan fingerprint density at radius 2 is 1.65 bits per heavy atom. The molecule has 2 heterocycles. The Morgan fingerprint density at radius 1 is 0.950 bits per heavy atom. The lowest BCUT2D eigenvalue weighted by Gasteiger charge is -2.30. The molecule has 1 unspecified atom stereocenters. The van der Waals surface area contributed by atoms with Gasteiger partial charge >= 0.3 is 5.97 Å². The maximum atomic E-state index is 12.7. The minimum atomic E-state index is -0.151. The zero-order valence-electron chi connectivity index (χ0n) is 25.2. The van der Waals surface area contributed by atoms with Crippen LogP contribution in [0.25, 0.3) is 0 Å². The first-order chi connectivity index (χ1) is 19.4. The highest BCUT2D eigenvalue weighted by Crippen LogP contribution is 2.15. The zero-order chi connectivity index (χ0) is 28.7. The van der Waals surface area contributed by atoms with Crippen molar-refractivity contribution in [1.29, 1.82) is 0 Å². The Kier molecular flexibility index (Phi) is 13.4. The minimum absolute atomic E-state index is 0.0772. The molecule has 9 heteroatoms. The summed E-state index contributed by atoms with van der Waals surface area (Å²) in [6.45, 7) is 12.6. The molecule has 3 rings (SSSR count). The number of hydrogen-bond donors (Lipinski definition) is 1. The highest BCUT2D eigenvalue weighted by molar-refractivity contribution is 5.75. The number of benzene rings is 1. The largest absolute Gasteiger partial charge is 0.465 e. The highest BCUT2D eigenvalue weighted by atomic mass is 16.5. The average molecular weight is 552 g/mol. The zero-order valence-corrected chi connectivity index (χ0v) is 25.2. The molecule has 0 saturated carbocycles. The van der Waals surface area contributed by atoms with Crippen LogP contribution < -0.4 is 0 Å². The SMILES string of the molecule is CCCN(CCC)C(CCCN(C)Cc1ccc(CN(Cc2ncc[nH]2)Cc2nccn2C)cc1)C(=O)OCC. The second-order valence-corrected chi connectivity index (χ2v) is 10.6. The summed E-state index contributed by atoms with van der Waals surface area (Å²) in [7, 11) is 4.18. The predicted octanol–water partition coefficient (Wildman–Crippen LogP) is 4.61. The van der Waals surface area contributed by atoms with Gasteiger partial charge in [0, 0.05) is 44.9 Å². The van der Waals surface area contributed by atoms with E-state index in [1.165, 1.54) is 11.1 Å². The number of aromatic nitrogens is 4. The number of aromatic amines is 1. The van der Waals surface area contributed by atoms with Crippen LogP contribution in [0, 0.1) is 0 Å². The third kappa shape index (κ3) is 10.2. The van der Waals surface area contributed by atoms with Crippen LogP contribution in [-0.2, 0) is 42.8 Å². The van der Waals surface area contributed by atoms with E-state index >= 15 is 0 Å². The van der Waals surface area contributed by atoms with Crippen LogP contribution in [0.4, 0.5) is 0 Å². The van der Waals surface area contributed by atoms with Gasteiger partial charge in [-0.15, -0.1) is 0 Å². The van der Waals surface area contributed by atoms with Gasteiger partial charge in [-0.3, -0.25) is 14.6 Å². The minimum Gasteiger partial charge on any atom is -0.465 e. The number of carbonyl (C=O) groups excluding carboxylic acids is 1. The summed E-state index contributed by atoms with van der Waals surface area (Å²) in [5, 5.41) is 0. The first-order valence-electron chi connectivity index (χ1n) is 14.8. The molecule has 0 bridgehead atoms. The molecule has 40 heavy (non-hydrogen) atoms. The van der Waals surface area contributed by atoms with E-state index in [2.05, 4.69) is 79.4 Å². The fourth-order valence-electron chi connectivity index (χ4n) is 5.15. The lowest BCUT2D eigenvalue weighted by molar-refractivity contribution is -0.150. The van der Waals surface area contributed by atoms with Crippen LogP contribution in [-0.4, -0.2) is 79.5 Å². The number of hydrogen-bond acceptors (Lipinski definition) is 7. The molecule has 0 fully saturated rings. The second-order valence-electron chi connectivity index (χ2n) is 10.6. The molecular formula is C31H49N7O2. The van der Waals surface area contributed by atoms with Crippen molar-refractivity contribution >= 4 is 5.97 Å². The van der Waals surface area contributed by atoms with Gasteiger partial charge in [0.2, 0.25) is 0 Å². The Morgan fingerprint density at radius 3 is 2.23 bits per heavy atom. The summed E-state index contributed by atoms with van der Waals surface area (Å²) in [5.41, 5.74) is 2.55. The van der Waals surface area contributed by atoms with Crippen molar-refractivity contribution in [2.45, 2.75) is 78.7 Å². The number of aryl methyl sites for hydroxylation is 1. The normalized spacial score (nSPS) is 12.5. The standard InChI is InChI=1S/C31H49N7O2/c1-6-18-38(19-7-2)28(31(39)40-8-3)10-9-20-35(4)22-26-11-13-27(14-12-26)23-37(24-29-32-15-16-33-29)25-30-34-17-21-36(30)5/h11-17,21,28H,6-10,18-20,22-25H2,1-5H3,(H,32,33). The molecule has 1 aromatic carbocycles. The monoisotopic (exact) mass is 551 g/mol. The van der Waals surface area contributed by atoms with E-state index in [0.29, 0.717) is 6.61 Å². The second kappa shape index (κ2) is 16.9. The highest BCUT2D eigenvalue weighted by Gasteiger charge is 2.26. The molecule has 0 aliphatic carbocycles. The van der Waals surface area contributed by atoms with E-state index in [9.17, 15) is 4.79 Å². The quantitative estimate of drug-likeness (QED) is 0.218. The first kappa shape index (κ1) is 31.5. The molecule has 0 saturated heterocycles. The van der Waals surface area contributed by atoms with Crippen LogP contribution in [0.1, 0.15) is 69.2 Å². The number of esters is 1. The third-order valence-corrected chi connectivity index (χ3v) is 7.13. The number of nitrogens with one attached hydrogen (secondary N) is 1. The number of ether oxygens (including phenoxy) is 1. The Balaban J connectivity index is 1.53. The van der Waals surface area contributed by atoms with Gasteiger partial charge in [-0.05, 0) is 70.4 Å². The van der Waals surface area contributed by atoms with Gasteiger partial charge < -0.3 is 19.2 Å². The van der Waals surface area contributed by atoms with E-state index in [-0.39, 0.29) is 12.0 Å². The number of nitrogens with zero attached hydrogens (tertiary/aromatic N) is 6. The van der Waals surface area contributed by atoms with Crippen molar-refractivity contribution in [3.05, 3.63) is 71.8 Å². The molecule has 2 aromatic heterocycles. The molecule has 0 aliphatic rings. The summed E-state index contributed by atoms with van der Waals surface area (Å²) in [5.74, 6) is 1.90. The van der Waals surface area contributed by atoms with E-state index < -0.39 is 0 Å². The van der Waals surface area contributed by atoms with Crippen LogP contribution >= 0.6 is 0 Å². The van der Waals surface area contributed by atoms with Crippen molar-refractivity contribution in [1.82, 2.24) is 34.2 Å². The molecule has 1 atom stereocenters. The van der Waals surface area contributed by atoms with Gasteiger partial charge in [-0.1, -0.05) is 38.1 Å². The van der Waals surface area contributed by atoms with Crippen LogP contribution in [0.5, 0.6) is 0 Å². The predicted molar refractivity (Wildman–Crippen MR) is 159 cm³/mol. The van der Waals surface area contributed by atoms with Gasteiger partial charge in [0.05, 0.1) is 19.7 Å².